The Morgan fingerprint density at radius 1 is 1.19 bits per heavy atom. The van der Waals surface area contributed by atoms with Gasteiger partial charge in [0.2, 0.25) is 0 Å². The first-order valence-electron chi connectivity index (χ1n) is 9.06. The Kier molecular flexibility index (Phi) is 5.26. The number of hydrogen-bond acceptors (Lipinski definition) is 2. The number of rotatable bonds is 5. The molecule has 0 aliphatic rings. The number of aryl methyl sites for hydroxylation is 3. The number of carbonyl (C=O) groups excluding carboxylic acids is 1. The average Bonchev–Trinajstić information content (AvgIpc) is 2.94. The molecule has 2 amide bonds. The van der Waals surface area contributed by atoms with E-state index in [9.17, 15) is 4.79 Å². The van der Waals surface area contributed by atoms with Gasteiger partial charge in [0.15, 0.2) is 0 Å². The van der Waals surface area contributed by atoms with E-state index in [0.29, 0.717) is 0 Å². The van der Waals surface area contributed by atoms with E-state index in [2.05, 4.69) is 29.5 Å². The molecule has 0 unspecified atom stereocenters. The van der Waals surface area contributed by atoms with Gasteiger partial charge in [0.05, 0.1) is 5.52 Å². The van der Waals surface area contributed by atoms with Crippen LogP contribution >= 0.6 is 0 Å². The Bertz CT molecular complexity index is 912. The summed E-state index contributed by atoms with van der Waals surface area (Å²) in [5.74, 6) is 0. The molecule has 1 N–H and O–H groups in total. The highest BCUT2D eigenvalue weighted by molar-refractivity contribution is 6.02. The van der Waals surface area contributed by atoms with E-state index in [0.717, 1.165) is 34.4 Å². The molecule has 0 spiro atoms. The van der Waals surface area contributed by atoms with Crippen molar-refractivity contribution in [2.45, 2.75) is 33.1 Å². The second-order valence-corrected chi connectivity index (χ2v) is 6.70. The summed E-state index contributed by atoms with van der Waals surface area (Å²) in [6.07, 6.45) is 3.45. The Balaban J connectivity index is 1.71. The number of amides is 2. The van der Waals surface area contributed by atoms with Crippen LogP contribution in [0.15, 0.2) is 42.5 Å². The van der Waals surface area contributed by atoms with Gasteiger partial charge in [-0.25, -0.2) is 4.79 Å². The maximum atomic E-state index is 12.6. The first-order chi connectivity index (χ1) is 12.5. The highest BCUT2D eigenvalue weighted by Gasteiger charge is 2.13. The Labute approximate surface area is 154 Å². The first-order valence-corrected chi connectivity index (χ1v) is 9.06. The van der Waals surface area contributed by atoms with E-state index < -0.39 is 0 Å². The van der Waals surface area contributed by atoms with Crippen molar-refractivity contribution in [3.63, 3.8) is 0 Å². The third-order valence-electron chi connectivity index (χ3n) is 4.83. The van der Waals surface area contributed by atoms with Crippen LogP contribution in [0, 0.1) is 6.92 Å². The van der Waals surface area contributed by atoms with Crippen LogP contribution in [0.1, 0.15) is 31.0 Å². The third kappa shape index (κ3) is 3.72. The summed E-state index contributed by atoms with van der Waals surface area (Å²) in [5.41, 5.74) is 4.92. The molecule has 3 aromatic rings. The minimum absolute atomic E-state index is 0.168. The van der Waals surface area contributed by atoms with Crippen LogP contribution in [0.2, 0.25) is 0 Å². The zero-order valence-corrected chi connectivity index (χ0v) is 15.9. The van der Waals surface area contributed by atoms with Crippen molar-refractivity contribution >= 4 is 28.3 Å². The Hall–Kier alpha value is -2.82. The molecule has 0 aliphatic heterocycles. The van der Waals surface area contributed by atoms with Gasteiger partial charge in [0.25, 0.3) is 0 Å². The SMILES string of the molecule is CCCCc1ccc(NC(=O)N(C)c2ccc3c(C)n(C)nc3c2)cc1. The summed E-state index contributed by atoms with van der Waals surface area (Å²) < 4.78 is 1.86. The molecular formula is C21H26N4O. The lowest BCUT2D eigenvalue weighted by atomic mass is 10.1. The van der Waals surface area contributed by atoms with Crippen LogP contribution in [-0.4, -0.2) is 22.9 Å². The van der Waals surface area contributed by atoms with Gasteiger partial charge >= 0.3 is 6.03 Å². The number of nitrogens with zero attached hydrogens (tertiary/aromatic N) is 3. The van der Waals surface area contributed by atoms with Crippen molar-refractivity contribution in [2.75, 3.05) is 17.3 Å². The normalized spacial score (nSPS) is 10.9. The smallest absolute Gasteiger partial charge is 0.308 e. The van der Waals surface area contributed by atoms with Gasteiger partial charge in [0.1, 0.15) is 0 Å². The molecule has 0 bridgehead atoms. The molecule has 2 aromatic carbocycles. The summed E-state index contributed by atoms with van der Waals surface area (Å²) >= 11 is 0. The van der Waals surface area contributed by atoms with Crippen LogP contribution in [0.5, 0.6) is 0 Å². The van der Waals surface area contributed by atoms with Crippen LogP contribution in [0.25, 0.3) is 10.9 Å². The zero-order chi connectivity index (χ0) is 18.7. The summed E-state index contributed by atoms with van der Waals surface area (Å²) in [5, 5.41) is 8.55. The quantitative estimate of drug-likeness (QED) is 0.712. The van der Waals surface area contributed by atoms with Gasteiger partial charge in [-0.2, -0.15) is 5.10 Å². The molecular weight excluding hydrogens is 324 g/mol. The molecule has 0 fully saturated rings. The van der Waals surface area contributed by atoms with E-state index >= 15 is 0 Å². The molecule has 0 aliphatic carbocycles. The van der Waals surface area contributed by atoms with Gasteiger partial charge in [-0.3, -0.25) is 9.58 Å². The largest absolute Gasteiger partial charge is 0.326 e. The van der Waals surface area contributed by atoms with Crippen molar-refractivity contribution in [1.82, 2.24) is 9.78 Å². The summed E-state index contributed by atoms with van der Waals surface area (Å²) in [6, 6.07) is 13.8. The van der Waals surface area contributed by atoms with Crippen LogP contribution < -0.4 is 10.2 Å². The molecule has 0 saturated carbocycles. The highest BCUT2D eigenvalue weighted by Crippen LogP contribution is 2.23. The number of benzene rings is 2. The van der Waals surface area contributed by atoms with Crippen molar-refractivity contribution in [1.29, 1.82) is 0 Å². The minimum Gasteiger partial charge on any atom is -0.308 e. The van der Waals surface area contributed by atoms with Gasteiger partial charge in [-0.15, -0.1) is 0 Å². The highest BCUT2D eigenvalue weighted by atomic mass is 16.2. The Morgan fingerprint density at radius 3 is 2.62 bits per heavy atom. The summed E-state index contributed by atoms with van der Waals surface area (Å²) in [6.45, 7) is 4.23. The number of hydrogen-bond donors (Lipinski definition) is 1. The van der Waals surface area contributed by atoms with Crippen molar-refractivity contribution in [2.24, 2.45) is 7.05 Å². The van der Waals surface area contributed by atoms with Gasteiger partial charge in [0, 0.05) is 36.6 Å². The van der Waals surface area contributed by atoms with Gasteiger partial charge in [-0.05, 0) is 55.7 Å². The second-order valence-electron chi connectivity index (χ2n) is 6.70. The molecule has 0 radical (unpaired) electrons. The van der Waals surface area contributed by atoms with Crippen molar-refractivity contribution in [3.05, 3.63) is 53.7 Å². The van der Waals surface area contributed by atoms with Crippen LogP contribution in [-0.2, 0) is 13.5 Å². The average molecular weight is 350 g/mol. The number of nitrogens with one attached hydrogen (secondary N) is 1. The molecule has 3 rings (SSSR count). The predicted octanol–water partition coefficient (Wildman–Crippen LogP) is 4.89. The van der Waals surface area contributed by atoms with Crippen molar-refractivity contribution in [3.8, 4) is 0 Å². The second kappa shape index (κ2) is 7.60. The summed E-state index contributed by atoms with van der Waals surface area (Å²) in [4.78, 5) is 14.2. The minimum atomic E-state index is -0.168. The number of fused-ring (bicyclic) bond motifs is 1. The molecule has 136 valence electrons. The third-order valence-corrected chi connectivity index (χ3v) is 4.83. The number of aromatic nitrogens is 2. The fraction of sp³-hybridized carbons (Fsp3) is 0.333. The van der Waals surface area contributed by atoms with E-state index in [1.165, 1.54) is 18.4 Å². The Morgan fingerprint density at radius 2 is 1.92 bits per heavy atom. The first kappa shape index (κ1) is 18.0. The molecule has 0 saturated heterocycles. The van der Waals surface area contributed by atoms with E-state index in [1.807, 2.05) is 49.0 Å². The molecule has 1 heterocycles. The fourth-order valence-corrected chi connectivity index (χ4v) is 2.99. The van der Waals surface area contributed by atoms with Gasteiger partial charge < -0.3 is 5.32 Å². The van der Waals surface area contributed by atoms with Crippen LogP contribution in [0.4, 0.5) is 16.2 Å². The lowest BCUT2D eigenvalue weighted by Crippen LogP contribution is -2.31. The van der Waals surface area contributed by atoms with Crippen molar-refractivity contribution < 1.29 is 4.79 Å². The molecule has 1 aromatic heterocycles. The topological polar surface area (TPSA) is 50.2 Å². The molecule has 0 atom stereocenters. The molecule has 5 heteroatoms. The lowest BCUT2D eigenvalue weighted by molar-refractivity contribution is 0.258. The van der Waals surface area contributed by atoms with E-state index in [4.69, 9.17) is 0 Å². The number of urea groups is 1. The van der Waals surface area contributed by atoms with Gasteiger partial charge in [-0.1, -0.05) is 25.5 Å². The number of unbranched alkanes of at least 4 members (excludes halogenated alkanes) is 1. The van der Waals surface area contributed by atoms with E-state index in [1.54, 1.807) is 11.9 Å². The fourth-order valence-electron chi connectivity index (χ4n) is 2.99. The molecule has 5 nitrogen and oxygen atoms in total. The molecule has 26 heavy (non-hydrogen) atoms. The maximum absolute atomic E-state index is 12.6. The number of carbonyl (C=O) groups is 1. The lowest BCUT2D eigenvalue weighted by Gasteiger charge is -2.18. The standard InChI is InChI=1S/C21H26N4O/c1-5-6-7-16-8-10-17(11-9-16)22-21(26)24(3)18-12-13-19-15(2)25(4)23-20(19)14-18/h8-14H,5-7H2,1-4H3,(H,22,26). The monoisotopic (exact) mass is 350 g/mol. The van der Waals surface area contributed by atoms with Crippen LogP contribution in [0.3, 0.4) is 0 Å². The maximum Gasteiger partial charge on any atom is 0.326 e. The predicted molar refractivity (Wildman–Crippen MR) is 108 cm³/mol. The zero-order valence-electron chi connectivity index (χ0n) is 15.9. The van der Waals surface area contributed by atoms with E-state index in [-0.39, 0.29) is 6.03 Å². The number of anilines is 2. The summed E-state index contributed by atoms with van der Waals surface area (Å²) in [7, 11) is 3.69.